The SMILES string of the molecule is Fc1c(Cl)cccc1NCc1cccc(C2CC2)c1. The van der Waals surface area contributed by atoms with E-state index in [0.29, 0.717) is 12.2 Å². The predicted molar refractivity (Wildman–Crippen MR) is 77.2 cm³/mol. The maximum atomic E-state index is 13.7. The predicted octanol–water partition coefficient (Wildman–Crippen LogP) is 4.97. The Hall–Kier alpha value is -1.54. The summed E-state index contributed by atoms with van der Waals surface area (Å²) in [5.74, 6) is 0.352. The van der Waals surface area contributed by atoms with Crippen LogP contribution in [0.25, 0.3) is 0 Å². The molecule has 0 radical (unpaired) electrons. The fourth-order valence-corrected chi connectivity index (χ4v) is 2.39. The van der Waals surface area contributed by atoms with E-state index in [2.05, 4.69) is 29.6 Å². The molecule has 0 bridgehead atoms. The number of halogens is 2. The third-order valence-electron chi connectivity index (χ3n) is 3.43. The molecular formula is C16H15ClFN. The highest BCUT2D eigenvalue weighted by molar-refractivity contribution is 6.31. The number of benzene rings is 2. The Bertz CT molecular complexity index is 593. The van der Waals surface area contributed by atoms with E-state index < -0.39 is 0 Å². The van der Waals surface area contributed by atoms with Crippen molar-refractivity contribution < 1.29 is 4.39 Å². The van der Waals surface area contributed by atoms with Gasteiger partial charge in [0.1, 0.15) is 0 Å². The van der Waals surface area contributed by atoms with E-state index in [1.807, 2.05) is 0 Å². The average Bonchev–Trinajstić information content (AvgIpc) is 3.25. The minimum atomic E-state index is -0.387. The third-order valence-corrected chi connectivity index (χ3v) is 3.73. The standard InChI is InChI=1S/C16H15ClFN/c17-14-5-2-6-15(16(14)18)19-10-11-3-1-4-13(9-11)12-7-8-12/h1-6,9,12,19H,7-8,10H2. The van der Waals surface area contributed by atoms with E-state index >= 15 is 0 Å². The summed E-state index contributed by atoms with van der Waals surface area (Å²) in [7, 11) is 0. The molecule has 3 rings (SSSR count). The van der Waals surface area contributed by atoms with Gasteiger partial charge in [-0.15, -0.1) is 0 Å². The van der Waals surface area contributed by atoms with Crippen molar-refractivity contribution in [1.29, 1.82) is 0 Å². The van der Waals surface area contributed by atoms with Crippen molar-refractivity contribution in [2.75, 3.05) is 5.32 Å². The second-order valence-corrected chi connectivity index (χ2v) is 5.38. The first kappa shape index (κ1) is 12.5. The van der Waals surface area contributed by atoms with Gasteiger partial charge in [-0.1, -0.05) is 41.9 Å². The summed E-state index contributed by atoms with van der Waals surface area (Å²) in [4.78, 5) is 0. The molecule has 2 aromatic carbocycles. The van der Waals surface area contributed by atoms with Gasteiger partial charge in [-0.3, -0.25) is 0 Å². The molecule has 0 saturated heterocycles. The molecule has 0 unspecified atom stereocenters. The van der Waals surface area contributed by atoms with Crippen LogP contribution in [0, 0.1) is 5.82 Å². The van der Waals surface area contributed by atoms with Gasteiger partial charge < -0.3 is 5.32 Å². The van der Waals surface area contributed by atoms with Gasteiger partial charge in [0.05, 0.1) is 10.7 Å². The van der Waals surface area contributed by atoms with Crippen molar-refractivity contribution >= 4 is 17.3 Å². The first-order valence-electron chi connectivity index (χ1n) is 6.51. The molecule has 0 spiro atoms. The Morgan fingerprint density at radius 2 is 1.95 bits per heavy atom. The van der Waals surface area contributed by atoms with Crippen molar-refractivity contribution in [3.63, 3.8) is 0 Å². The van der Waals surface area contributed by atoms with E-state index in [1.165, 1.54) is 24.0 Å². The van der Waals surface area contributed by atoms with E-state index in [4.69, 9.17) is 11.6 Å². The molecule has 3 heteroatoms. The lowest BCUT2D eigenvalue weighted by molar-refractivity contribution is 0.630. The normalized spacial score (nSPS) is 14.4. The van der Waals surface area contributed by atoms with Crippen LogP contribution in [0.1, 0.15) is 29.9 Å². The molecule has 98 valence electrons. The van der Waals surface area contributed by atoms with Gasteiger partial charge in [-0.05, 0) is 42.0 Å². The number of hydrogen-bond acceptors (Lipinski definition) is 1. The van der Waals surface area contributed by atoms with Crippen molar-refractivity contribution in [1.82, 2.24) is 0 Å². The first-order valence-corrected chi connectivity index (χ1v) is 6.88. The maximum absolute atomic E-state index is 13.7. The molecular weight excluding hydrogens is 261 g/mol. The van der Waals surface area contributed by atoms with E-state index in [-0.39, 0.29) is 10.8 Å². The zero-order valence-electron chi connectivity index (χ0n) is 10.5. The Morgan fingerprint density at radius 1 is 1.16 bits per heavy atom. The Kier molecular flexibility index (Phi) is 3.43. The fourth-order valence-electron chi connectivity index (χ4n) is 2.21. The smallest absolute Gasteiger partial charge is 0.164 e. The highest BCUT2D eigenvalue weighted by atomic mass is 35.5. The molecule has 1 aliphatic carbocycles. The van der Waals surface area contributed by atoms with E-state index in [0.717, 1.165) is 5.92 Å². The van der Waals surface area contributed by atoms with Crippen molar-refractivity contribution in [3.8, 4) is 0 Å². The lowest BCUT2D eigenvalue weighted by Gasteiger charge is -2.09. The number of anilines is 1. The molecule has 2 aromatic rings. The van der Waals surface area contributed by atoms with Crippen LogP contribution in [0.4, 0.5) is 10.1 Å². The molecule has 1 aliphatic rings. The average molecular weight is 276 g/mol. The molecule has 1 N–H and O–H groups in total. The van der Waals surface area contributed by atoms with E-state index in [1.54, 1.807) is 18.2 Å². The van der Waals surface area contributed by atoms with Crippen molar-refractivity contribution in [2.45, 2.75) is 25.3 Å². The minimum Gasteiger partial charge on any atom is -0.379 e. The minimum absolute atomic E-state index is 0.150. The van der Waals surface area contributed by atoms with Gasteiger partial charge >= 0.3 is 0 Å². The van der Waals surface area contributed by atoms with Gasteiger partial charge in [-0.2, -0.15) is 0 Å². The lowest BCUT2D eigenvalue weighted by atomic mass is 10.1. The monoisotopic (exact) mass is 275 g/mol. The number of nitrogens with one attached hydrogen (secondary N) is 1. The number of rotatable bonds is 4. The highest BCUT2D eigenvalue weighted by Crippen LogP contribution is 2.40. The molecule has 0 aromatic heterocycles. The molecule has 0 amide bonds. The molecule has 19 heavy (non-hydrogen) atoms. The maximum Gasteiger partial charge on any atom is 0.164 e. The third kappa shape index (κ3) is 2.90. The summed E-state index contributed by atoms with van der Waals surface area (Å²) < 4.78 is 13.7. The van der Waals surface area contributed by atoms with Gasteiger partial charge in [0, 0.05) is 6.54 Å². The van der Waals surface area contributed by atoms with Crippen LogP contribution in [0.5, 0.6) is 0 Å². The molecule has 0 aliphatic heterocycles. The summed E-state index contributed by atoms with van der Waals surface area (Å²) >= 11 is 5.76. The van der Waals surface area contributed by atoms with Crippen LogP contribution in [0.2, 0.25) is 5.02 Å². The van der Waals surface area contributed by atoms with Gasteiger partial charge in [-0.25, -0.2) is 4.39 Å². The Labute approximate surface area is 117 Å². The molecule has 1 nitrogen and oxygen atoms in total. The summed E-state index contributed by atoms with van der Waals surface area (Å²) in [6.45, 7) is 0.609. The summed E-state index contributed by atoms with van der Waals surface area (Å²) in [6, 6.07) is 13.5. The summed E-state index contributed by atoms with van der Waals surface area (Å²) in [6.07, 6.45) is 2.58. The largest absolute Gasteiger partial charge is 0.379 e. The zero-order chi connectivity index (χ0) is 13.2. The zero-order valence-corrected chi connectivity index (χ0v) is 11.3. The molecule has 1 fully saturated rings. The molecule has 0 heterocycles. The van der Waals surface area contributed by atoms with Crippen LogP contribution >= 0.6 is 11.6 Å². The van der Waals surface area contributed by atoms with Gasteiger partial charge in [0.2, 0.25) is 0 Å². The van der Waals surface area contributed by atoms with Crippen molar-refractivity contribution in [2.24, 2.45) is 0 Å². The van der Waals surface area contributed by atoms with Crippen LogP contribution in [0.3, 0.4) is 0 Å². The van der Waals surface area contributed by atoms with Crippen LogP contribution in [-0.4, -0.2) is 0 Å². The lowest BCUT2D eigenvalue weighted by Crippen LogP contribution is -2.02. The Balaban J connectivity index is 1.71. The van der Waals surface area contributed by atoms with Crippen LogP contribution < -0.4 is 5.32 Å². The molecule has 0 atom stereocenters. The van der Waals surface area contributed by atoms with Gasteiger partial charge in [0.15, 0.2) is 5.82 Å². The van der Waals surface area contributed by atoms with E-state index in [9.17, 15) is 4.39 Å². The second kappa shape index (κ2) is 5.22. The Morgan fingerprint density at radius 3 is 2.74 bits per heavy atom. The van der Waals surface area contributed by atoms with Crippen molar-refractivity contribution in [3.05, 3.63) is 64.4 Å². The number of hydrogen-bond donors (Lipinski definition) is 1. The summed E-state index contributed by atoms with van der Waals surface area (Å²) in [5.41, 5.74) is 3.01. The molecule has 1 saturated carbocycles. The van der Waals surface area contributed by atoms with Crippen LogP contribution in [-0.2, 0) is 6.54 Å². The van der Waals surface area contributed by atoms with Gasteiger partial charge in [0.25, 0.3) is 0 Å². The topological polar surface area (TPSA) is 12.0 Å². The second-order valence-electron chi connectivity index (χ2n) is 4.97. The fraction of sp³-hybridized carbons (Fsp3) is 0.250. The summed E-state index contributed by atoms with van der Waals surface area (Å²) in [5, 5.41) is 3.25. The highest BCUT2D eigenvalue weighted by Gasteiger charge is 2.23. The first-order chi connectivity index (χ1) is 9.24. The quantitative estimate of drug-likeness (QED) is 0.831. The van der Waals surface area contributed by atoms with Crippen LogP contribution in [0.15, 0.2) is 42.5 Å².